The van der Waals surface area contributed by atoms with Crippen LogP contribution >= 0.6 is 12.6 Å². The van der Waals surface area contributed by atoms with Crippen molar-refractivity contribution in [3.8, 4) is 0 Å². The Balaban J connectivity index is 2.48. The summed E-state index contributed by atoms with van der Waals surface area (Å²) in [5, 5.41) is 0.132. The van der Waals surface area contributed by atoms with Crippen molar-refractivity contribution < 1.29 is 9.47 Å². The van der Waals surface area contributed by atoms with E-state index < -0.39 is 5.79 Å². The van der Waals surface area contributed by atoms with Crippen molar-refractivity contribution in [3.05, 3.63) is 0 Å². The second-order valence-corrected chi connectivity index (χ2v) is 3.52. The molecule has 0 saturated carbocycles. The highest BCUT2D eigenvalue weighted by molar-refractivity contribution is 7.81. The summed E-state index contributed by atoms with van der Waals surface area (Å²) >= 11 is 4.28. The van der Waals surface area contributed by atoms with Gasteiger partial charge in [0.2, 0.25) is 0 Å². The van der Waals surface area contributed by atoms with E-state index in [0.717, 1.165) is 19.6 Å². The van der Waals surface area contributed by atoms with Crippen LogP contribution in [-0.2, 0) is 9.47 Å². The minimum absolute atomic E-state index is 0.132. The van der Waals surface area contributed by atoms with Crippen molar-refractivity contribution in [2.75, 3.05) is 13.2 Å². The van der Waals surface area contributed by atoms with Crippen LogP contribution in [0.5, 0.6) is 0 Å². The van der Waals surface area contributed by atoms with Crippen molar-refractivity contribution >= 4 is 12.6 Å². The van der Waals surface area contributed by atoms with Crippen LogP contribution in [-0.4, -0.2) is 24.3 Å². The maximum atomic E-state index is 5.43. The lowest BCUT2D eigenvalue weighted by atomic mass is 10.2. The van der Waals surface area contributed by atoms with E-state index >= 15 is 0 Å². The van der Waals surface area contributed by atoms with Gasteiger partial charge in [-0.1, -0.05) is 0 Å². The van der Waals surface area contributed by atoms with Crippen molar-refractivity contribution in [1.82, 2.24) is 0 Å². The third-order valence-corrected chi connectivity index (χ3v) is 2.29. The van der Waals surface area contributed by atoms with E-state index in [9.17, 15) is 0 Å². The lowest BCUT2D eigenvalue weighted by Crippen LogP contribution is -2.44. The van der Waals surface area contributed by atoms with Crippen molar-refractivity contribution in [1.29, 1.82) is 0 Å². The van der Waals surface area contributed by atoms with Crippen molar-refractivity contribution in [3.63, 3.8) is 0 Å². The quantitative estimate of drug-likeness (QED) is 0.588. The second kappa shape index (κ2) is 3.11. The average molecular weight is 162 g/mol. The van der Waals surface area contributed by atoms with Crippen LogP contribution in [0.2, 0.25) is 0 Å². The summed E-state index contributed by atoms with van der Waals surface area (Å²) in [6, 6.07) is 0. The van der Waals surface area contributed by atoms with Crippen LogP contribution in [0.4, 0.5) is 0 Å². The Kier molecular flexibility index (Phi) is 2.61. The fourth-order valence-electron chi connectivity index (χ4n) is 0.891. The molecule has 0 radical (unpaired) electrons. The Morgan fingerprint density at radius 2 is 1.90 bits per heavy atom. The fraction of sp³-hybridized carbons (Fsp3) is 1.00. The fourth-order valence-corrected chi connectivity index (χ4v) is 1.04. The molecule has 1 unspecified atom stereocenters. The molecule has 0 amide bonds. The molecule has 10 heavy (non-hydrogen) atoms. The number of ether oxygens (including phenoxy) is 2. The van der Waals surface area contributed by atoms with Crippen LogP contribution < -0.4 is 0 Å². The summed E-state index contributed by atoms with van der Waals surface area (Å²) in [5.74, 6) is -0.457. The Morgan fingerprint density at radius 1 is 1.40 bits per heavy atom. The van der Waals surface area contributed by atoms with E-state index in [0.29, 0.717) is 0 Å². The molecule has 0 N–H and O–H groups in total. The van der Waals surface area contributed by atoms with E-state index in [4.69, 9.17) is 9.47 Å². The standard InChI is InChI=1S/C7H14O2S/c1-6(10)7(2)8-4-3-5-9-7/h6,10H,3-5H2,1-2H3. The molecular weight excluding hydrogens is 148 g/mol. The topological polar surface area (TPSA) is 18.5 Å². The first-order valence-corrected chi connectivity index (χ1v) is 4.13. The molecule has 60 valence electrons. The summed E-state index contributed by atoms with van der Waals surface area (Å²) < 4.78 is 10.9. The first-order valence-electron chi connectivity index (χ1n) is 3.61. The van der Waals surface area contributed by atoms with Gasteiger partial charge in [-0.3, -0.25) is 0 Å². The van der Waals surface area contributed by atoms with E-state index in [2.05, 4.69) is 12.6 Å². The molecule has 0 aromatic carbocycles. The van der Waals surface area contributed by atoms with Gasteiger partial charge in [0.25, 0.3) is 0 Å². The first-order chi connectivity index (χ1) is 4.65. The Labute approximate surface area is 67.3 Å². The zero-order chi connectivity index (χ0) is 7.61. The van der Waals surface area contributed by atoms with E-state index in [-0.39, 0.29) is 5.25 Å². The van der Waals surface area contributed by atoms with Crippen LogP contribution in [0.25, 0.3) is 0 Å². The molecule has 1 atom stereocenters. The number of hydrogen-bond donors (Lipinski definition) is 1. The maximum Gasteiger partial charge on any atom is 0.176 e. The average Bonchev–Trinajstić information content (AvgIpc) is 1.89. The van der Waals surface area contributed by atoms with E-state index in [1.165, 1.54) is 0 Å². The van der Waals surface area contributed by atoms with Gasteiger partial charge in [-0.05, 0) is 20.3 Å². The SMILES string of the molecule is CC(S)C1(C)OCCCO1. The van der Waals surface area contributed by atoms with Gasteiger partial charge in [0.05, 0.1) is 18.5 Å². The normalized spacial score (nSPS) is 27.9. The lowest BCUT2D eigenvalue weighted by molar-refractivity contribution is -0.252. The molecule has 1 saturated heterocycles. The summed E-state index contributed by atoms with van der Waals surface area (Å²) in [4.78, 5) is 0. The van der Waals surface area contributed by atoms with Gasteiger partial charge in [-0.25, -0.2) is 0 Å². The Hall–Kier alpha value is 0.270. The van der Waals surface area contributed by atoms with Gasteiger partial charge >= 0.3 is 0 Å². The van der Waals surface area contributed by atoms with Crippen LogP contribution in [0.15, 0.2) is 0 Å². The molecule has 0 aromatic rings. The summed E-state index contributed by atoms with van der Waals surface area (Å²) in [6.45, 7) is 5.50. The molecule has 2 nitrogen and oxygen atoms in total. The molecule has 0 aliphatic carbocycles. The lowest BCUT2D eigenvalue weighted by Gasteiger charge is -2.36. The summed E-state index contributed by atoms with van der Waals surface area (Å²) in [5.41, 5.74) is 0. The first kappa shape index (κ1) is 8.37. The molecular formula is C7H14O2S. The highest BCUT2D eigenvalue weighted by Gasteiger charge is 2.32. The van der Waals surface area contributed by atoms with Crippen LogP contribution in [0, 0.1) is 0 Å². The maximum absolute atomic E-state index is 5.43. The Bertz CT molecular complexity index is 108. The smallest absolute Gasteiger partial charge is 0.176 e. The monoisotopic (exact) mass is 162 g/mol. The largest absolute Gasteiger partial charge is 0.349 e. The minimum atomic E-state index is -0.457. The predicted octanol–water partition coefficient (Wildman–Crippen LogP) is 1.46. The van der Waals surface area contributed by atoms with Gasteiger partial charge in [-0.2, -0.15) is 12.6 Å². The molecule has 1 aliphatic rings. The molecule has 3 heteroatoms. The van der Waals surface area contributed by atoms with Crippen molar-refractivity contribution in [2.45, 2.75) is 31.3 Å². The second-order valence-electron chi connectivity index (χ2n) is 2.74. The van der Waals surface area contributed by atoms with E-state index in [1.807, 2.05) is 13.8 Å². The predicted molar refractivity (Wildman–Crippen MR) is 43.4 cm³/mol. The van der Waals surface area contributed by atoms with Gasteiger partial charge in [0.1, 0.15) is 0 Å². The molecule has 0 bridgehead atoms. The number of hydrogen-bond acceptors (Lipinski definition) is 3. The van der Waals surface area contributed by atoms with Crippen LogP contribution in [0.1, 0.15) is 20.3 Å². The Morgan fingerprint density at radius 3 is 2.20 bits per heavy atom. The van der Waals surface area contributed by atoms with Gasteiger partial charge in [-0.15, -0.1) is 0 Å². The molecule has 1 heterocycles. The third kappa shape index (κ3) is 1.65. The highest BCUT2D eigenvalue weighted by atomic mass is 32.1. The zero-order valence-corrected chi connectivity index (χ0v) is 7.36. The van der Waals surface area contributed by atoms with Gasteiger partial charge < -0.3 is 9.47 Å². The zero-order valence-electron chi connectivity index (χ0n) is 6.46. The molecule has 0 spiro atoms. The van der Waals surface area contributed by atoms with Crippen LogP contribution in [0.3, 0.4) is 0 Å². The third-order valence-electron chi connectivity index (χ3n) is 1.82. The van der Waals surface area contributed by atoms with Gasteiger partial charge in [0, 0.05) is 0 Å². The van der Waals surface area contributed by atoms with Gasteiger partial charge in [0.15, 0.2) is 5.79 Å². The number of thiol groups is 1. The highest BCUT2D eigenvalue weighted by Crippen LogP contribution is 2.25. The van der Waals surface area contributed by atoms with E-state index in [1.54, 1.807) is 0 Å². The molecule has 0 aromatic heterocycles. The van der Waals surface area contributed by atoms with Crippen molar-refractivity contribution in [2.24, 2.45) is 0 Å². The minimum Gasteiger partial charge on any atom is -0.349 e. The molecule has 1 fully saturated rings. The summed E-state index contributed by atoms with van der Waals surface area (Å²) in [6.07, 6.45) is 0.996. The molecule has 1 aliphatic heterocycles. The molecule has 1 rings (SSSR count). The summed E-state index contributed by atoms with van der Waals surface area (Å²) in [7, 11) is 0. The number of rotatable bonds is 1.